The number of halogens is 1. The van der Waals surface area contributed by atoms with E-state index in [1.54, 1.807) is 0 Å². The number of imidazole rings is 1. The molecule has 7 heteroatoms. The first-order valence-corrected chi connectivity index (χ1v) is 9.09. The summed E-state index contributed by atoms with van der Waals surface area (Å²) in [5, 5.41) is 1.50. The minimum atomic E-state index is 0.141. The monoisotopic (exact) mass is 353 g/mol. The van der Waals surface area contributed by atoms with E-state index in [4.69, 9.17) is 16.3 Å². The fourth-order valence-corrected chi connectivity index (χ4v) is 3.75. The fourth-order valence-electron chi connectivity index (χ4n) is 2.69. The number of carbonyl (C=O) groups is 1. The van der Waals surface area contributed by atoms with Crippen LogP contribution in [0.3, 0.4) is 0 Å². The van der Waals surface area contributed by atoms with Crippen molar-refractivity contribution in [1.82, 2.24) is 14.5 Å². The van der Waals surface area contributed by atoms with Gasteiger partial charge in [0.2, 0.25) is 5.91 Å². The Kier molecular flexibility index (Phi) is 5.14. The van der Waals surface area contributed by atoms with Gasteiger partial charge in [0.15, 0.2) is 5.16 Å². The number of morpholine rings is 1. The number of hydrogen-bond acceptors (Lipinski definition) is 4. The van der Waals surface area contributed by atoms with E-state index < -0.39 is 0 Å². The summed E-state index contributed by atoms with van der Waals surface area (Å²) in [7, 11) is 1.96. The van der Waals surface area contributed by atoms with E-state index in [0.29, 0.717) is 30.5 Å². The van der Waals surface area contributed by atoms with Crippen LogP contribution in [-0.4, -0.2) is 51.9 Å². The molecule has 0 bridgehead atoms. The molecule has 1 aromatic heterocycles. The van der Waals surface area contributed by atoms with Crippen molar-refractivity contribution in [3.63, 3.8) is 0 Å². The molecule has 1 amide bonds. The highest BCUT2D eigenvalue weighted by Crippen LogP contribution is 2.25. The number of thioether (sulfide) groups is 1. The molecule has 3 rings (SSSR count). The van der Waals surface area contributed by atoms with Crippen molar-refractivity contribution in [2.75, 3.05) is 25.4 Å². The van der Waals surface area contributed by atoms with Gasteiger partial charge in [-0.2, -0.15) is 0 Å². The lowest BCUT2D eigenvalue weighted by Crippen LogP contribution is -2.46. The first-order valence-electron chi connectivity index (χ1n) is 7.72. The molecule has 1 aliphatic rings. The number of fused-ring (bicyclic) bond motifs is 1. The maximum Gasteiger partial charge on any atom is 0.233 e. The molecular weight excluding hydrogens is 334 g/mol. The molecule has 124 valence electrons. The molecule has 0 radical (unpaired) electrons. The summed E-state index contributed by atoms with van der Waals surface area (Å²) in [6.45, 7) is 4.07. The molecular formula is C16H20ClN3O2S. The van der Waals surface area contributed by atoms with Gasteiger partial charge in [-0.15, -0.1) is 0 Å². The Hall–Kier alpha value is -1.24. The number of rotatable bonds is 4. The maximum absolute atomic E-state index is 12.4. The number of carbonyl (C=O) groups excluding carboxylic acids is 1. The van der Waals surface area contributed by atoms with Gasteiger partial charge >= 0.3 is 0 Å². The molecule has 1 fully saturated rings. The minimum absolute atomic E-state index is 0.141. The molecule has 23 heavy (non-hydrogen) atoms. The number of aryl methyl sites for hydroxylation is 1. The Morgan fingerprint density at radius 1 is 1.52 bits per heavy atom. The van der Waals surface area contributed by atoms with Crippen LogP contribution in [0.1, 0.15) is 13.3 Å². The van der Waals surface area contributed by atoms with Gasteiger partial charge in [-0.25, -0.2) is 4.98 Å². The number of amides is 1. The van der Waals surface area contributed by atoms with Gasteiger partial charge in [0.1, 0.15) is 0 Å². The van der Waals surface area contributed by atoms with Crippen molar-refractivity contribution < 1.29 is 9.53 Å². The third-order valence-electron chi connectivity index (χ3n) is 4.07. The molecule has 5 nitrogen and oxygen atoms in total. The van der Waals surface area contributed by atoms with Crippen LogP contribution in [0.2, 0.25) is 5.02 Å². The molecule has 1 saturated heterocycles. The van der Waals surface area contributed by atoms with Crippen LogP contribution in [0.15, 0.2) is 23.4 Å². The van der Waals surface area contributed by atoms with Crippen LogP contribution < -0.4 is 0 Å². The Morgan fingerprint density at radius 2 is 2.35 bits per heavy atom. The van der Waals surface area contributed by atoms with E-state index in [1.807, 2.05) is 34.7 Å². The molecule has 2 heterocycles. The second-order valence-electron chi connectivity index (χ2n) is 5.62. The van der Waals surface area contributed by atoms with Crippen LogP contribution in [0.25, 0.3) is 11.0 Å². The van der Waals surface area contributed by atoms with Crippen LogP contribution in [0.5, 0.6) is 0 Å². The fraction of sp³-hybridized carbons (Fsp3) is 0.500. The third-order valence-corrected chi connectivity index (χ3v) is 5.32. The molecule has 0 aliphatic carbocycles. The van der Waals surface area contributed by atoms with Gasteiger partial charge in [-0.1, -0.05) is 30.3 Å². The summed E-state index contributed by atoms with van der Waals surface area (Å²) in [5.41, 5.74) is 1.87. The van der Waals surface area contributed by atoms with Gasteiger partial charge in [-0.05, 0) is 24.6 Å². The zero-order valence-electron chi connectivity index (χ0n) is 13.3. The smallest absolute Gasteiger partial charge is 0.233 e. The van der Waals surface area contributed by atoms with E-state index in [2.05, 4.69) is 11.9 Å². The summed E-state index contributed by atoms with van der Waals surface area (Å²) < 4.78 is 7.61. The normalized spacial score (nSPS) is 18.6. The third kappa shape index (κ3) is 3.65. The first-order chi connectivity index (χ1) is 11.1. The molecule has 0 saturated carbocycles. The summed E-state index contributed by atoms with van der Waals surface area (Å²) in [6, 6.07) is 5.64. The topological polar surface area (TPSA) is 47.4 Å². The van der Waals surface area contributed by atoms with Gasteiger partial charge in [-0.3, -0.25) is 4.79 Å². The molecule has 0 N–H and O–H groups in total. The highest BCUT2D eigenvalue weighted by molar-refractivity contribution is 7.99. The van der Waals surface area contributed by atoms with E-state index in [1.165, 1.54) is 11.8 Å². The highest BCUT2D eigenvalue weighted by atomic mass is 35.5. The van der Waals surface area contributed by atoms with Crippen molar-refractivity contribution in [1.29, 1.82) is 0 Å². The molecule has 0 spiro atoms. The van der Waals surface area contributed by atoms with Crippen molar-refractivity contribution in [3.05, 3.63) is 23.2 Å². The number of hydrogen-bond donors (Lipinski definition) is 0. The van der Waals surface area contributed by atoms with E-state index >= 15 is 0 Å². The molecule has 1 aliphatic heterocycles. The summed E-state index contributed by atoms with van der Waals surface area (Å²) in [6.07, 6.45) is 1.10. The van der Waals surface area contributed by atoms with Gasteiger partial charge in [0.25, 0.3) is 0 Å². The minimum Gasteiger partial charge on any atom is -0.375 e. The Labute approximate surface area is 144 Å². The van der Waals surface area contributed by atoms with E-state index in [9.17, 15) is 4.79 Å². The standard InChI is InChI=1S/C16H20ClN3O2S/c1-3-12-9-20(6-7-22-12)15(21)10-23-16-18-13-8-11(17)4-5-14(13)19(16)2/h4-5,8,12H,3,6-7,9-10H2,1-2H3. The lowest BCUT2D eigenvalue weighted by atomic mass is 10.2. The summed E-state index contributed by atoms with van der Waals surface area (Å²) >= 11 is 7.47. The number of benzene rings is 1. The lowest BCUT2D eigenvalue weighted by Gasteiger charge is -2.32. The number of ether oxygens (including phenoxy) is 1. The van der Waals surface area contributed by atoms with Gasteiger partial charge in [0.05, 0.1) is 29.5 Å². The Bertz CT molecular complexity index is 719. The maximum atomic E-state index is 12.4. The number of aromatic nitrogens is 2. The number of nitrogens with zero attached hydrogens (tertiary/aromatic N) is 3. The largest absolute Gasteiger partial charge is 0.375 e. The van der Waals surface area contributed by atoms with Crippen LogP contribution in [0.4, 0.5) is 0 Å². The molecule has 1 unspecified atom stereocenters. The van der Waals surface area contributed by atoms with E-state index in [-0.39, 0.29) is 12.0 Å². The van der Waals surface area contributed by atoms with Crippen molar-refractivity contribution >= 4 is 40.3 Å². The van der Waals surface area contributed by atoms with Gasteiger partial charge < -0.3 is 14.2 Å². The van der Waals surface area contributed by atoms with Crippen molar-refractivity contribution in [2.45, 2.75) is 24.6 Å². The predicted molar refractivity (Wildman–Crippen MR) is 93.1 cm³/mol. The van der Waals surface area contributed by atoms with E-state index in [0.717, 1.165) is 22.6 Å². The zero-order chi connectivity index (χ0) is 16.4. The van der Waals surface area contributed by atoms with Gasteiger partial charge in [0, 0.05) is 25.2 Å². The lowest BCUT2D eigenvalue weighted by molar-refractivity contribution is -0.135. The SMILES string of the molecule is CCC1CN(C(=O)CSc2nc3cc(Cl)ccc3n2C)CCO1. The molecule has 1 atom stereocenters. The highest BCUT2D eigenvalue weighted by Gasteiger charge is 2.23. The van der Waals surface area contributed by atoms with Crippen LogP contribution in [0, 0.1) is 0 Å². The molecule has 2 aromatic rings. The summed E-state index contributed by atoms with van der Waals surface area (Å²) in [5.74, 6) is 0.531. The van der Waals surface area contributed by atoms with Crippen LogP contribution >= 0.6 is 23.4 Å². The van der Waals surface area contributed by atoms with Crippen molar-refractivity contribution in [2.24, 2.45) is 7.05 Å². The quantitative estimate of drug-likeness (QED) is 0.793. The summed E-state index contributed by atoms with van der Waals surface area (Å²) in [4.78, 5) is 18.9. The van der Waals surface area contributed by atoms with Crippen molar-refractivity contribution in [3.8, 4) is 0 Å². The average Bonchev–Trinajstić information content (AvgIpc) is 2.88. The zero-order valence-corrected chi connectivity index (χ0v) is 14.9. The average molecular weight is 354 g/mol. The Morgan fingerprint density at radius 3 is 3.13 bits per heavy atom. The Balaban J connectivity index is 1.66. The van der Waals surface area contributed by atoms with Crippen LogP contribution in [-0.2, 0) is 16.6 Å². The second kappa shape index (κ2) is 7.11. The second-order valence-corrected chi connectivity index (χ2v) is 6.99. The first kappa shape index (κ1) is 16.6. The predicted octanol–water partition coefficient (Wildman–Crippen LogP) is 2.96. The molecule has 1 aromatic carbocycles.